The molecular formula is C25H41N5O2. The predicted molar refractivity (Wildman–Crippen MR) is 129 cm³/mol. The van der Waals surface area contributed by atoms with E-state index in [4.69, 9.17) is 9.73 Å². The van der Waals surface area contributed by atoms with Crippen LogP contribution in [0.4, 0.5) is 4.79 Å². The summed E-state index contributed by atoms with van der Waals surface area (Å²) in [5.74, 6) is 0.916. The molecule has 0 aliphatic carbocycles. The summed E-state index contributed by atoms with van der Waals surface area (Å²) < 4.78 is 5.68. The second kappa shape index (κ2) is 8.81. The van der Waals surface area contributed by atoms with Crippen molar-refractivity contribution in [2.24, 2.45) is 9.98 Å². The minimum atomic E-state index is -0.473. The largest absolute Gasteiger partial charge is 0.444 e. The average molecular weight is 444 g/mol. The Kier molecular flexibility index (Phi) is 6.40. The van der Waals surface area contributed by atoms with Gasteiger partial charge in [0.15, 0.2) is 0 Å². The van der Waals surface area contributed by atoms with Crippen molar-refractivity contribution in [2.75, 3.05) is 32.7 Å². The Morgan fingerprint density at radius 1 is 1.09 bits per heavy atom. The first-order valence-electron chi connectivity index (χ1n) is 12.3. The lowest BCUT2D eigenvalue weighted by Gasteiger charge is -2.42. The molecular weight excluding hydrogens is 402 g/mol. The van der Waals surface area contributed by atoms with Crippen LogP contribution in [0, 0.1) is 0 Å². The highest BCUT2D eigenvalue weighted by Gasteiger charge is 2.45. The van der Waals surface area contributed by atoms with E-state index in [1.54, 1.807) is 0 Å². The van der Waals surface area contributed by atoms with Crippen LogP contribution in [-0.2, 0) is 4.74 Å². The Balaban J connectivity index is 1.46. The fourth-order valence-electron chi connectivity index (χ4n) is 6.17. The van der Waals surface area contributed by atoms with Gasteiger partial charge >= 0.3 is 6.09 Å². The van der Waals surface area contributed by atoms with E-state index in [-0.39, 0.29) is 18.2 Å². The molecule has 0 N–H and O–H groups in total. The lowest BCUT2D eigenvalue weighted by Crippen LogP contribution is -2.56. The number of aliphatic imine (C=N–C) groups is 2. The van der Waals surface area contributed by atoms with Crippen LogP contribution in [0.25, 0.3) is 0 Å². The Morgan fingerprint density at radius 2 is 1.69 bits per heavy atom. The number of carbonyl (C=O) groups is 1. The lowest BCUT2D eigenvalue weighted by atomic mass is 9.94. The van der Waals surface area contributed by atoms with Crippen molar-refractivity contribution in [1.82, 2.24) is 14.7 Å². The minimum absolute atomic E-state index is 0.162. The molecule has 4 saturated heterocycles. The van der Waals surface area contributed by atoms with Gasteiger partial charge in [0.25, 0.3) is 0 Å². The Hall–Kier alpha value is -1.89. The fraction of sp³-hybridized carbons (Fsp3) is 0.800. The summed E-state index contributed by atoms with van der Waals surface area (Å²) in [6, 6.07) is 0.324. The summed E-state index contributed by atoms with van der Waals surface area (Å²) >= 11 is 0. The number of nitrogens with zero attached hydrogens (tertiary/aromatic N) is 5. The molecule has 4 aliphatic heterocycles. The lowest BCUT2D eigenvalue weighted by molar-refractivity contribution is -0.000527. The van der Waals surface area contributed by atoms with Crippen LogP contribution in [0.1, 0.15) is 73.1 Å². The van der Waals surface area contributed by atoms with Crippen LogP contribution in [0.3, 0.4) is 0 Å². The van der Waals surface area contributed by atoms with Gasteiger partial charge in [-0.15, -0.1) is 0 Å². The number of hydrogen-bond acceptors (Lipinski definition) is 6. The highest BCUT2D eigenvalue weighted by Crippen LogP contribution is 2.39. The zero-order valence-corrected chi connectivity index (χ0v) is 20.7. The van der Waals surface area contributed by atoms with E-state index < -0.39 is 5.60 Å². The third-order valence-electron chi connectivity index (χ3n) is 7.84. The highest BCUT2D eigenvalue weighted by atomic mass is 16.6. The number of carbonyl (C=O) groups excluding carboxylic acids is 1. The van der Waals surface area contributed by atoms with Crippen LogP contribution < -0.4 is 0 Å². The average Bonchev–Trinajstić information content (AvgIpc) is 3.36. The van der Waals surface area contributed by atoms with Gasteiger partial charge in [0.2, 0.25) is 0 Å². The number of fused-ring (bicyclic) bond motifs is 3. The molecule has 0 aromatic heterocycles. The van der Waals surface area contributed by atoms with Crippen molar-refractivity contribution in [3.63, 3.8) is 0 Å². The van der Waals surface area contributed by atoms with E-state index in [9.17, 15) is 4.79 Å². The van der Waals surface area contributed by atoms with Crippen molar-refractivity contribution >= 4 is 18.5 Å². The quantitative estimate of drug-likeness (QED) is 0.601. The zero-order chi connectivity index (χ0) is 23.1. The molecule has 0 aromatic carbocycles. The second-order valence-electron chi connectivity index (χ2n) is 11.1. The molecule has 0 radical (unpaired) electrons. The molecule has 4 fully saturated rings. The summed E-state index contributed by atoms with van der Waals surface area (Å²) in [5.41, 5.74) is 1.98. The molecule has 7 nitrogen and oxygen atoms in total. The number of piperazine rings is 1. The number of ether oxygens (including phenoxy) is 1. The van der Waals surface area contributed by atoms with Crippen molar-refractivity contribution in [2.45, 2.75) is 96.4 Å². The molecule has 4 heterocycles. The molecule has 4 aliphatic rings. The second-order valence-corrected chi connectivity index (χ2v) is 11.1. The van der Waals surface area contributed by atoms with Gasteiger partial charge in [-0.05, 0) is 93.0 Å². The van der Waals surface area contributed by atoms with Crippen LogP contribution in [0.5, 0.6) is 0 Å². The van der Waals surface area contributed by atoms with Crippen molar-refractivity contribution in [3.8, 4) is 0 Å². The van der Waals surface area contributed by atoms with Crippen LogP contribution >= 0.6 is 0 Å². The number of allylic oxidation sites excluding steroid dienone is 1. The van der Waals surface area contributed by atoms with E-state index in [1.165, 1.54) is 38.8 Å². The van der Waals surface area contributed by atoms with Crippen molar-refractivity contribution in [1.29, 1.82) is 0 Å². The van der Waals surface area contributed by atoms with Crippen molar-refractivity contribution < 1.29 is 9.53 Å². The van der Waals surface area contributed by atoms with Gasteiger partial charge in [0.1, 0.15) is 11.4 Å². The minimum Gasteiger partial charge on any atom is -0.444 e. The molecule has 7 heteroatoms. The van der Waals surface area contributed by atoms with Crippen LogP contribution in [0.15, 0.2) is 21.4 Å². The maximum atomic E-state index is 12.8. The molecule has 32 heavy (non-hydrogen) atoms. The van der Waals surface area contributed by atoms with Crippen molar-refractivity contribution in [3.05, 3.63) is 11.4 Å². The van der Waals surface area contributed by atoms with Gasteiger partial charge in [-0.1, -0.05) is 0 Å². The number of rotatable bonds is 5. The summed E-state index contributed by atoms with van der Waals surface area (Å²) in [6.45, 7) is 18.8. The first-order valence-corrected chi connectivity index (χ1v) is 12.3. The molecule has 0 aromatic rings. The molecule has 0 spiro atoms. The summed E-state index contributed by atoms with van der Waals surface area (Å²) in [5, 5.41) is 0. The summed E-state index contributed by atoms with van der Waals surface area (Å²) in [4.78, 5) is 29.2. The third-order valence-corrected chi connectivity index (χ3v) is 7.84. The third kappa shape index (κ3) is 4.45. The summed E-state index contributed by atoms with van der Waals surface area (Å²) in [6.07, 6.45) is 6.98. The molecule has 2 atom stereocenters. The molecule has 178 valence electrons. The molecule has 2 bridgehead atoms. The smallest absolute Gasteiger partial charge is 0.410 e. The van der Waals surface area contributed by atoms with E-state index >= 15 is 0 Å². The zero-order valence-electron chi connectivity index (χ0n) is 20.7. The van der Waals surface area contributed by atoms with Gasteiger partial charge in [0.05, 0.1) is 18.6 Å². The standard InChI is InChI=1S/C25H41N5O2/c1-18(19(2)27-17-25-11-7-13-29(25)14-8-12-25)22(26-6)28-15-20-9-10-21(16-28)30(20)23(31)32-24(3,4)5/h20-21H,6-17H2,1-5H3/b22-18+,27-19-. The van der Waals surface area contributed by atoms with E-state index in [0.29, 0.717) is 5.54 Å². The molecule has 4 rings (SSSR count). The Labute approximate surface area is 193 Å². The summed E-state index contributed by atoms with van der Waals surface area (Å²) in [7, 11) is 0. The van der Waals surface area contributed by atoms with E-state index in [0.717, 1.165) is 49.6 Å². The normalized spacial score (nSPS) is 28.6. The monoisotopic (exact) mass is 443 g/mol. The van der Waals surface area contributed by atoms with Crippen LogP contribution in [-0.4, -0.2) is 89.2 Å². The maximum absolute atomic E-state index is 12.8. The van der Waals surface area contributed by atoms with Gasteiger partial charge in [-0.2, -0.15) is 0 Å². The molecule has 0 saturated carbocycles. The highest BCUT2D eigenvalue weighted by molar-refractivity contribution is 5.98. The van der Waals surface area contributed by atoms with Gasteiger partial charge in [-0.3, -0.25) is 14.8 Å². The molecule has 2 unspecified atom stereocenters. The van der Waals surface area contributed by atoms with Crippen LogP contribution in [0.2, 0.25) is 0 Å². The Morgan fingerprint density at radius 3 is 2.22 bits per heavy atom. The van der Waals surface area contributed by atoms with Gasteiger partial charge < -0.3 is 9.64 Å². The number of likely N-dealkylation sites (tertiary alicyclic amines) is 1. The SMILES string of the molecule is C=N/C(=C(C)\C(C)=N/CC12CCCN1CCC2)N1CC2CCC(C1)N2C(=O)OC(C)(C)C. The van der Waals surface area contributed by atoms with Gasteiger partial charge in [-0.25, -0.2) is 9.79 Å². The maximum Gasteiger partial charge on any atom is 0.410 e. The Bertz CT molecular complexity index is 788. The van der Waals surface area contributed by atoms with Gasteiger partial charge in [0, 0.05) is 29.9 Å². The van der Waals surface area contributed by atoms with E-state index in [2.05, 4.69) is 35.4 Å². The first-order chi connectivity index (χ1) is 15.1. The number of amides is 1. The predicted octanol–water partition coefficient (Wildman–Crippen LogP) is 4.09. The topological polar surface area (TPSA) is 60.7 Å². The van der Waals surface area contributed by atoms with E-state index in [1.807, 2.05) is 25.7 Å². The fourth-order valence-corrected chi connectivity index (χ4v) is 6.17. The number of hydrogen-bond donors (Lipinski definition) is 0. The molecule has 1 amide bonds. The first kappa shape index (κ1) is 23.3.